The second-order valence-corrected chi connectivity index (χ2v) is 12.3. The van der Waals surface area contributed by atoms with E-state index >= 15 is 0 Å². The molecule has 1 saturated carbocycles. The van der Waals surface area contributed by atoms with E-state index in [2.05, 4.69) is 45.1 Å². The van der Waals surface area contributed by atoms with Crippen molar-refractivity contribution in [1.29, 1.82) is 0 Å². The highest BCUT2D eigenvalue weighted by atomic mass is 32.1. The topological polar surface area (TPSA) is 111 Å². The largest absolute Gasteiger partial charge is 0.482 e. The Hall–Kier alpha value is -3.07. The van der Waals surface area contributed by atoms with E-state index in [-0.39, 0.29) is 28.0 Å². The molecule has 2 aromatic rings. The predicted octanol–water partition coefficient (Wildman–Crippen LogP) is 5.83. The van der Waals surface area contributed by atoms with Gasteiger partial charge in [0, 0.05) is 28.7 Å². The zero-order valence-electron chi connectivity index (χ0n) is 22.9. The minimum Gasteiger partial charge on any atom is -0.482 e. The van der Waals surface area contributed by atoms with E-state index in [1.807, 2.05) is 19.1 Å². The maximum Gasteiger partial charge on any atom is 0.351 e. The van der Waals surface area contributed by atoms with Gasteiger partial charge in [-0.05, 0) is 61.6 Å². The average Bonchev–Trinajstić information content (AvgIpc) is 3.11. The van der Waals surface area contributed by atoms with Gasteiger partial charge in [0.2, 0.25) is 0 Å². The molecule has 0 radical (unpaired) electrons. The Morgan fingerprint density at radius 1 is 1.16 bits per heavy atom. The molecule has 1 aliphatic rings. The quantitative estimate of drug-likeness (QED) is 0.416. The molecule has 0 bridgehead atoms. The Balaban J connectivity index is 1.88. The zero-order valence-corrected chi connectivity index (χ0v) is 23.7. The lowest BCUT2D eigenvalue weighted by Gasteiger charge is -2.45. The van der Waals surface area contributed by atoms with Gasteiger partial charge in [0.15, 0.2) is 11.5 Å². The van der Waals surface area contributed by atoms with Gasteiger partial charge in [-0.15, -0.1) is 11.3 Å². The van der Waals surface area contributed by atoms with E-state index in [9.17, 15) is 14.4 Å². The summed E-state index contributed by atoms with van der Waals surface area (Å²) in [5.74, 6) is -0.859. The molecule has 0 atom stereocenters. The van der Waals surface area contributed by atoms with Crippen LogP contribution in [0.15, 0.2) is 24.3 Å². The van der Waals surface area contributed by atoms with Crippen molar-refractivity contribution in [3.63, 3.8) is 0 Å². The number of benzene rings is 1. The van der Waals surface area contributed by atoms with E-state index in [1.54, 1.807) is 6.92 Å². The fourth-order valence-corrected chi connectivity index (χ4v) is 6.94. The first-order valence-electron chi connectivity index (χ1n) is 12.6. The Labute approximate surface area is 223 Å². The van der Waals surface area contributed by atoms with Gasteiger partial charge in [0.05, 0.1) is 7.11 Å². The molecule has 0 unspecified atom stereocenters. The molecule has 1 aromatic heterocycles. The second-order valence-electron chi connectivity index (χ2n) is 11.3. The number of urea groups is 1. The highest BCUT2D eigenvalue weighted by Crippen LogP contribution is 2.47. The van der Waals surface area contributed by atoms with Gasteiger partial charge < -0.3 is 20.5 Å². The SMILES string of the molecule is CCN(C(N)=O)C(=O)COc1c(C(=O)OC)sc(-c2cccc(NC3CC(C)(C)CC(C)(C)C3)c2)c1C. The molecule has 1 aliphatic carbocycles. The lowest BCUT2D eigenvalue weighted by Crippen LogP contribution is -2.43. The third kappa shape index (κ3) is 6.83. The predicted molar refractivity (Wildman–Crippen MR) is 147 cm³/mol. The van der Waals surface area contributed by atoms with Crippen molar-refractivity contribution in [3.05, 3.63) is 34.7 Å². The van der Waals surface area contributed by atoms with Crippen LogP contribution in [0.5, 0.6) is 5.75 Å². The van der Waals surface area contributed by atoms with Gasteiger partial charge in [0.1, 0.15) is 5.75 Å². The molecule has 8 nitrogen and oxygen atoms in total. The Morgan fingerprint density at radius 3 is 2.38 bits per heavy atom. The van der Waals surface area contributed by atoms with Crippen LogP contribution in [0.2, 0.25) is 0 Å². The molecule has 202 valence electrons. The summed E-state index contributed by atoms with van der Waals surface area (Å²) in [6.45, 7) is 12.5. The van der Waals surface area contributed by atoms with Crippen molar-refractivity contribution in [2.24, 2.45) is 16.6 Å². The monoisotopic (exact) mass is 529 g/mol. The summed E-state index contributed by atoms with van der Waals surface area (Å²) in [6, 6.07) is 7.63. The summed E-state index contributed by atoms with van der Waals surface area (Å²) < 4.78 is 10.7. The highest BCUT2D eigenvalue weighted by Gasteiger charge is 2.38. The fourth-order valence-electron chi connectivity index (χ4n) is 5.78. The van der Waals surface area contributed by atoms with E-state index in [1.165, 1.54) is 24.9 Å². The average molecular weight is 530 g/mol. The standard InChI is InChI=1S/C28H39N3O5S/c1-8-31(26(29)34)21(32)15-36-22-17(2)23(37-24(22)25(33)35-7)18-10-9-11-19(12-18)30-20-13-27(3,4)16-28(5,6)14-20/h9-12,20,30H,8,13-16H2,1-7H3,(H2,29,34). The number of primary amides is 1. The summed E-state index contributed by atoms with van der Waals surface area (Å²) in [6.07, 6.45) is 3.39. The van der Waals surface area contributed by atoms with E-state index in [0.717, 1.165) is 39.4 Å². The summed E-state index contributed by atoms with van der Waals surface area (Å²) >= 11 is 1.25. The maximum atomic E-state index is 12.6. The van der Waals surface area contributed by atoms with Crippen molar-refractivity contribution in [2.75, 3.05) is 25.6 Å². The van der Waals surface area contributed by atoms with Gasteiger partial charge in [-0.25, -0.2) is 9.59 Å². The van der Waals surface area contributed by atoms with Gasteiger partial charge >= 0.3 is 12.0 Å². The number of methoxy groups -OCH3 is 1. The molecule has 0 aliphatic heterocycles. The second kappa shape index (κ2) is 11.1. The number of ether oxygens (including phenoxy) is 2. The number of thiophene rings is 1. The van der Waals surface area contributed by atoms with Crippen LogP contribution in [0.4, 0.5) is 10.5 Å². The number of nitrogens with one attached hydrogen (secondary N) is 1. The molecule has 1 fully saturated rings. The van der Waals surface area contributed by atoms with Crippen LogP contribution < -0.4 is 15.8 Å². The van der Waals surface area contributed by atoms with Crippen molar-refractivity contribution >= 4 is 34.9 Å². The molecule has 9 heteroatoms. The normalized spacial score (nSPS) is 16.6. The lowest BCUT2D eigenvalue weighted by molar-refractivity contribution is -0.130. The van der Waals surface area contributed by atoms with Crippen molar-refractivity contribution < 1.29 is 23.9 Å². The number of hydrogen-bond donors (Lipinski definition) is 2. The third-order valence-corrected chi connectivity index (χ3v) is 8.04. The maximum absolute atomic E-state index is 12.6. The third-order valence-electron chi connectivity index (χ3n) is 6.74. The molecule has 0 saturated heterocycles. The number of esters is 1. The van der Waals surface area contributed by atoms with E-state index < -0.39 is 24.5 Å². The van der Waals surface area contributed by atoms with Crippen molar-refractivity contribution in [1.82, 2.24) is 4.90 Å². The minimum atomic E-state index is -0.846. The van der Waals surface area contributed by atoms with Crippen LogP contribution in [0.1, 0.15) is 69.1 Å². The first-order valence-corrected chi connectivity index (χ1v) is 13.4. The van der Waals surface area contributed by atoms with Crippen LogP contribution in [0.25, 0.3) is 10.4 Å². The summed E-state index contributed by atoms with van der Waals surface area (Å²) in [5.41, 5.74) is 8.47. The van der Waals surface area contributed by atoms with Gasteiger partial charge in [-0.3, -0.25) is 9.69 Å². The molecule has 1 aromatic carbocycles. The Kier molecular flexibility index (Phi) is 8.57. The van der Waals surface area contributed by atoms with Gasteiger partial charge in [-0.1, -0.05) is 39.8 Å². The van der Waals surface area contributed by atoms with Gasteiger partial charge in [-0.2, -0.15) is 0 Å². The number of nitrogens with two attached hydrogens (primary N) is 1. The molecule has 1 heterocycles. The van der Waals surface area contributed by atoms with Crippen molar-refractivity contribution in [3.8, 4) is 16.2 Å². The van der Waals surface area contributed by atoms with Crippen LogP contribution in [-0.2, 0) is 9.53 Å². The van der Waals surface area contributed by atoms with Gasteiger partial charge in [0.25, 0.3) is 5.91 Å². The molecule has 3 N–H and O–H groups in total. The van der Waals surface area contributed by atoms with Crippen molar-refractivity contribution in [2.45, 2.75) is 66.8 Å². The Morgan fingerprint density at radius 2 is 1.81 bits per heavy atom. The number of imide groups is 1. The minimum absolute atomic E-state index is 0.129. The zero-order chi connectivity index (χ0) is 27.5. The molecular weight excluding hydrogens is 490 g/mol. The highest BCUT2D eigenvalue weighted by molar-refractivity contribution is 7.18. The number of amides is 3. The van der Waals surface area contributed by atoms with Crippen LogP contribution >= 0.6 is 11.3 Å². The first kappa shape index (κ1) is 28.5. The number of anilines is 1. The molecule has 3 amide bonds. The molecule has 3 rings (SSSR count). The number of carbonyl (C=O) groups is 3. The van der Waals surface area contributed by atoms with Crippen LogP contribution in [0.3, 0.4) is 0 Å². The summed E-state index contributed by atoms with van der Waals surface area (Å²) in [4.78, 5) is 38.5. The Bertz CT molecular complexity index is 1150. The molecular formula is C28H39N3O5S. The van der Waals surface area contributed by atoms with E-state index in [0.29, 0.717) is 6.04 Å². The molecule has 0 spiro atoms. The van der Waals surface area contributed by atoms with Crippen LogP contribution in [0, 0.1) is 17.8 Å². The summed E-state index contributed by atoms with van der Waals surface area (Å²) in [5, 5.41) is 3.73. The summed E-state index contributed by atoms with van der Waals surface area (Å²) in [7, 11) is 1.30. The molecule has 37 heavy (non-hydrogen) atoms. The first-order chi connectivity index (χ1) is 17.3. The number of hydrogen-bond acceptors (Lipinski definition) is 7. The number of likely N-dealkylation sites (N-methyl/N-ethyl adjacent to an activating group) is 1. The van der Waals surface area contributed by atoms with E-state index in [4.69, 9.17) is 15.2 Å². The number of carbonyl (C=O) groups excluding carboxylic acids is 3. The lowest BCUT2D eigenvalue weighted by atomic mass is 9.63. The fraction of sp³-hybridized carbons (Fsp3) is 0.536. The number of nitrogens with zero attached hydrogens (tertiary/aromatic N) is 1. The van der Waals surface area contributed by atoms with Crippen LogP contribution in [-0.4, -0.2) is 49.1 Å². The smallest absolute Gasteiger partial charge is 0.351 e. The number of rotatable bonds is 8.